The van der Waals surface area contributed by atoms with Gasteiger partial charge in [-0.05, 0) is 50.5 Å². The van der Waals surface area contributed by atoms with Crippen molar-refractivity contribution in [1.82, 2.24) is 0 Å². The average Bonchev–Trinajstić information content (AvgIpc) is 2.23. The van der Waals surface area contributed by atoms with Gasteiger partial charge in [-0.15, -0.1) is 0 Å². The summed E-state index contributed by atoms with van der Waals surface area (Å²) in [5.41, 5.74) is 8.00. The summed E-state index contributed by atoms with van der Waals surface area (Å²) in [6.07, 6.45) is 0.913. The van der Waals surface area contributed by atoms with Crippen LogP contribution in [0.15, 0.2) is 18.2 Å². The Bertz CT molecular complexity index is 329. The molecular weight excluding hydrogens is 186 g/mol. The van der Waals surface area contributed by atoms with Crippen LogP contribution in [-0.4, -0.2) is 12.1 Å². The van der Waals surface area contributed by atoms with Gasteiger partial charge in [0.05, 0.1) is 0 Å². The molecule has 2 nitrogen and oxygen atoms in total. The topological polar surface area (TPSA) is 35.2 Å². The molecule has 0 radical (unpaired) electrons. The van der Waals surface area contributed by atoms with Crippen LogP contribution in [-0.2, 0) is 0 Å². The van der Waals surface area contributed by atoms with Crippen LogP contribution in [0.2, 0.25) is 0 Å². The molecule has 0 bridgehead atoms. The molecule has 0 aromatic heterocycles. The van der Waals surface area contributed by atoms with Gasteiger partial charge in [0.25, 0.3) is 0 Å². The first-order valence-corrected chi connectivity index (χ1v) is 5.47. The van der Waals surface area contributed by atoms with E-state index in [1.165, 1.54) is 11.1 Å². The maximum Gasteiger partial charge on any atom is 0.120 e. The summed E-state index contributed by atoms with van der Waals surface area (Å²) in [4.78, 5) is 0. The molecule has 1 atom stereocenters. The molecule has 0 saturated carbocycles. The van der Waals surface area contributed by atoms with Crippen LogP contribution in [0, 0.1) is 13.8 Å². The fourth-order valence-electron chi connectivity index (χ4n) is 1.32. The standard InChI is InChI=1S/C13H21NO/c1-5-13(4,9-14)15-12-7-6-10(2)11(3)8-12/h6-8H,5,9,14H2,1-4H3. The van der Waals surface area contributed by atoms with E-state index in [-0.39, 0.29) is 5.60 Å². The lowest BCUT2D eigenvalue weighted by Gasteiger charge is -2.28. The molecular formula is C13H21NO. The molecule has 1 aromatic rings. The van der Waals surface area contributed by atoms with Gasteiger partial charge in [-0.25, -0.2) is 0 Å². The van der Waals surface area contributed by atoms with Gasteiger partial charge in [0.2, 0.25) is 0 Å². The molecule has 0 heterocycles. The van der Waals surface area contributed by atoms with Gasteiger partial charge in [0, 0.05) is 6.54 Å². The minimum absolute atomic E-state index is 0.248. The number of nitrogens with two attached hydrogens (primary N) is 1. The predicted octanol–water partition coefficient (Wildman–Crippen LogP) is 2.81. The third-order valence-corrected chi connectivity index (χ3v) is 3.02. The second kappa shape index (κ2) is 4.67. The molecule has 0 aliphatic rings. The van der Waals surface area contributed by atoms with Crippen LogP contribution in [0.25, 0.3) is 0 Å². The summed E-state index contributed by atoms with van der Waals surface area (Å²) >= 11 is 0. The maximum atomic E-state index is 5.91. The fourth-order valence-corrected chi connectivity index (χ4v) is 1.32. The van der Waals surface area contributed by atoms with Gasteiger partial charge in [-0.3, -0.25) is 0 Å². The normalized spacial score (nSPS) is 14.7. The van der Waals surface area contributed by atoms with Crippen molar-refractivity contribution in [3.05, 3.63) is 29.3 Å². The molecule has 0 spiro atoms. The van der Waals surface area contributed by atoms with E-state index in [0.29, 0.717) is 6.54 Å². The lowest BCUT2D eigenvalue weighted by Crippen LogP contribution is -2.39. The number of hydrogen-bond donors (Lipinski definition) is 1. The second-order valence-electron chi connectivity index (χ2n) is 4.36. The van der Waals surface area contributed by atoms with Crippen LogP contribution >= 0.6 is 0 Å². The fraction of sp³-hybridized carbons (Fsp3) is 0.538. The molecule has 1 unspecified atom stereocenters. The number of ether oxygens (including phenoxy) is 1. The Kier molecular flexibility index (Phi) is 3.75. The Morgan fingerprint density at radius 1 is 1.27 bits per heavy atom. The Labute approximate surface area is 92.4 Å². The Balaban J connectivity index is 2.85. The van der Waals surface area contributed by atoms with E-state index in [2.05, 4.69) is 32.9 Å². The molecule has 2 N–H and O–H groups in total. The lowest BCUT2D eigenvalue weighted by molar-refractivity contribution is 0.0934. The molecule has 0 aliphatic carbocycles. The van der Waals surface area contributed by atoms with E-state index < -0.39 is 0 Å². The highest BCUT2D eigenvalue weighted by Crippen LogP contribution is 2.22. The van der Waals surface area contributed by atoms with Crippen molar-refractivity contribution in [2.24, 2.45) is 5.73 Å². The van der Waals surface area contributed by atoms with Crippen LogP contribution in [0.1, 0.15) is 31.4 Å². The molecule has 84 valence electrons. The van der Waals surface area contributed by atoms with Gasteiger partial charge in [0.1, 0.15) is 11.4 Å². The molecule has 0 saturated heterocycles. The highest BCUT2D eigenvalue weighted by Gasteiger charge is 2.21. The van der Waals surface area contributed by atoms with Gasteiger partial charge in [-0.1, -0.05) is 13.0 Å². The summed E-state index contributed by atoms with van der Waals surface area (Å²) in [5.74, 6) is 0.910. The highest BCUT2D eigenvalue weighted by atomic mass is 16.5. The van der Waals surface area contributed by atoms with Gasteiger partial charge in [-0.2, -0.15) is 0 Å². The molecule has 1 aromatic carbocycles. The van der Waals surface area contributed by atoms with Gasteiger partial charge in [0.15, 0.2) is 0 Å². The monoisotopic (exact) mass is 207 g/mol. The van der Waals surface area contributed by atoms with E-state index >= 15 is 0 Å². The Morgan fingerprint density at radius 2 is 1.93 bits per heavy atom. The summed E-state index contributed by atoms with van der Waals surface area (Å²) in [6, 6.07) is 6.15. The largest absolute Gasteiger partial charge is 0.486 e. The average molecular weight is 207 g/mol. The van der Waals surface area contributed by atoms with Crippen LogP contribution in [0.4, 0.5) is 0 Å². The molecule has 0 amide bonds. The van der Waals surface area contributed by atoms with Crippen molar-refractivity contribution < 1.29 is 4.74 Å². The predicted molar refractivity (Wildman–Crippen MR) is 64.3 cm³/mol. The van der Waals surface area contributed by atoms with Crippen LogP contribution in [0.3, 0.4) is 0 Å². The molecule has 0 fully saturated rings. The first kappa shape index (κ1) is 12.1. The van der Waals surface area contributed by atoms with Crippen LogP contribution < -0.4 is 10.5 Å². The van der Waals surface area contributed by atoms with Crippen molar-refractivity contribution in [3.63, 3.8) is 0 Å². The summed E-state index contributed by atoms with van der Waals surface area (Å²) < 4.78 is 5.91. The van der Waals surface area contributed by atoms with E-state index in [0.717, 1.165) is 12.2 Å². The van der Waals surface area contributed by atoms with Crippen LogP contribution in [0.5, 0.6) is 5.75 Å². The summed E-state index contributed by atoms with van der Waals surface area (Å²) in [5, 5.41) is 0. The first-order valence-electron chi connectivity index (χ1n) is 5.47. The number of rotatable bonds is 4. The summed E-state index contributed by atoms with van der Waals surface area (Å²) in [6.45, 7) is 8.86. The van der Waals surface area contributed by atoms with Crippen molar-refractivity contribution in [2.45, 2.75) is 39.7 Å². The van der Waals surface area contributed by atoms with Crippen molar-refractivity contribution in [2.75, 3.05) is 6.54 Å². The minimum Gasteiger partial charge on any atom is -0.486 e. The minimum atomic E-state index is -0.248. The first-order chi connectivity index (χ1) is 7.00. The third-order valence-electron chi connectivity index (χ3n) is 3.02. The van der Waals surface area contributed by atoms with Crippen molar-refractivity contribution in [3.8, 4) is 5.75 Å². The molecule has 0 aliphatic heterocycles. The third kappa shape index (κ3) is 2.96. The van der Waals surface area contributed by atoms with E-state index in [4.69, 9.17) is 10.5 Å². The molecule has 15 heavy (non-hydrogen) atoms. The van der Waals surface area contributed by atoms with E-state index in [9.17, 15) is 0 Å². The Morgan fingerprint density at radius 3 is 2.40 bits per heavy atom. The zero-order valence-electron chi connectivity index (χ0n) is 10.1. The van der Waals surface area contributed by atoms with E-state index in [1.54, 1.807) is 0 Å². The number of aryl methyl sites for hydroxylation is 2. The second-order valence-corrected chi connectivity index (χ2v) is 4.36. The quantitative estimate of drug-likeness (QED) is 0.824. The van der Waals surface area contributed by atoms with Crippen molar-refractivity contribution in [1.29, 1.82) is 0 Å². The zero-order valence-corrected chi connectivity index (χ0v) is 10.1. The number of benzene rings is 1. The SMILES string of the molecule is CCC(C)(CN)Oc1ccc(C)c(C)c1. The number of hydrogen-bond acceptors (Lipinski definition) is 2. The van der Waals surface area contributed by atoms with Gasteiger partial charge < -0.3 is 10.5 Å². The van der Waals surface area contributed by atoms with Gasteiger partial charge >= 0.3 is 0 Å². The van der Waals surface area contributed by atoms with Crippen molar-refractivity contribution >= 4 is 0 Å². The zero-order chi connectivity index (χ0) is 11.5. The Hall–Kier alpha value is -1.02. The lowest BCUT2D eigenvalue weighted by atomic mass is 10.0. The van der Waals surface area contributed by atoms with E-state index in [1.807, 2.05) is 13.0 Å². The molecule has 1 rings (SSSR count). The smallest absolute Gasteiger partial charge is 0.120 e. The highest BCUT2D eigenvalue weighted by molar-refractivity contribution is 5.34. The molecule has 2 heteroatoms. The summed E-state index contributed by atoms with van der Waals surface area (Å²) in [7, 11) is 0. The maximum absolute atomic E-state index is 5.91.